The maximum Gasteiger partial charge on any atom is 0.295 e. The van der Waals surface area contributed by atoms with Crippen LogP contribution in [0, 0.1) is 6.92 Å². The van der Waals surface area contributed by atoms with Gasteiger partial charge in [0, 0.05) is 35.9 Å². The molecule has 0 spiro atoms. The number of likely N-dealkylation sites (tertiary alicyclic amines) is 1. The minimum absolute atomic E-state index is 0.0143. The lowest BCUT2D eigenvalue weighted by molar-refractivity contribution is -0.140. The number of methoxy groups -OCH3 is 1. The molecule has 0 aliphatic carbocycles. The minimum Gasteiger partial charge on any atom is -0.507 e. The number of benzene rings is 2. The summed E-state index contributed by atoms with van der Waals surface area (Å²) in [6.07, 6.45) is 0.538. The second-order valence-corrected chi connectivity index (χ2v) is 7.71. The highest BCUT2D eigenvalue weighted by molar-refractivity contribution is 6.47. The maximum atomic E-state index is 12.9. The Kier molecular flexibility index (Phi) is 6.63. The van der Waals surface area contributed by atoms with E-state index in [4.69, 9.17) is 27.9 Å². The molecular formula is C22H21Cl2NO4. The van der Waals surface area contributed by atoms with E-state index in [1.165, 1.54) is 4.90 Å². The van der Waals surface area contributed by atoms with Crippen LogP contribution in [0.2, 0.25) is 10.0 Å². The van der Waals surface area contributed by atoms with Crippen LogP contribution in [0.15, 0.2) is 48.0 Å². The lowest BCUT2D eigenvalue weighted by atomic mass is 9.95. The van der Waals surface area contributed by atoms with Gasteiger partial charge < -0.3 is 14.7 Å². The van der Waals surface area contributed by atoms with E-state index in [0.29, 0.717) is 34.2 Å². The van der Waals surface area contributed by atoms with Gasteiger partial charge in [0.05, 0.1) is 11.6 Å². The number of halogens is 2. The number of nitrogens with zero attached hydrogens (tertiary/aromatic N) is 1. The quantitative estimate of drug-likeness (QED) is 0.308. The van der Waals surface area contributed by atoms with Crippen molar-refractivity contribution in [3.8, 4) is 0 Å². The van der Waals surface area contributed by atoms with E-state index in [1.807, 2.05) is 19.1 Å². The van der Waals surface area contributed by atoms with Crippen LogP contribution in [-0.2, 0) is 14.3 Å². The molecule has 0 unspecified atom stereocenters. The highest BCUT2D eigenvalue weighted by Gasteiger charge is 2.46. The van der Waals surface area contributed by atoms with E-state index in [9.17, 15) is 14.7 Å². The summed E-state index contributed by atoms with van der Waals surface area (Å²) >= 11 is 12.4. The van der Waals surface area contributed by atoms with E-state index in [0.717, 1.165) is 5.56 Å². The van der Waals surface area contributed by atoms with E-state index >= 15 is 0 Å². The van der Waals surface area contributed by atoms with Gasteiger partial charge >= 0.3 is 0 Å². The molecule has 1 fully saturated rings. The van der Waals surface area contributed by atoms with Gasteiger partial charge in [-0.15, -0.1) is 0 Å². The number of ketones is 1. The summed E-state index contributed by atoms with van der Waals surface area (Å²) in [5.41, 5.74) is 2.02. The van der Waals surface area contributed by atoms with E-state index in [2.05, 4.69) is 0 Å². The molecule has 3 rings (SSSR count). The normalized spacial score (nSPS) is 18.5. The van der Waals surface area contributed by atoms with Crippen LogP contribution >= 0.6 is 23.2 Å². The van der Waals surface area contributed by atoms with Gasteiger partial charge in [-0.2, -0.15) is 0 Å². The van der Waals surface area contributed by atoms with E-state index < -0.39 is 17.7 Å². The number of rotatable bonds is 6. The summed E-state index contributed by atoms with van der Waals surface area (Å²) in [6, 6.07) is 11.1. The van der Waals surface area contributed by atoms with Crippen molar-refractivity contribution in [1.29, 1.82) is 0 Å². The average Bonchev–Trinajstić information content (AvgIpc) is 2.93. The van der Waals surface area contributed by atoms with Crippen molar-refractivity contribution in [2.24, 2.45) is 0 Å². The van der Waals surface area contributed by atoms with Crippen LogP contribution in [0.1, 0.15) is 29.2 Å². The van der Waals surface area contributed by atoms with Crippen molar-refractivity contribution in [1.82, 2.24) is 4.90 Å². The number of carbonyl (C=O) groups is 2. The van der Waals surface area contributed by atoms with Crippen molar-refractivity contribution in [2.75, 3.05) is 20.3 Å². The summed E-state index contributed by atoms with van der Waals surface area (Å²) in [6.45, 7) is 2.64. The number of Topliss-reactive ketones (excluding diaryl/α,β-unsaturated/α-hetero) is 1. The number of amides is 1. The number of hydrogen-bond donors (Lipinski definition) is 1. The third-order valence-corrected chi connectivity index (χ3v) is 5.43. The Morgan fingerprint density at radius 1 is 1.14 bits per heavy atom. The molecule has 0 aromatic heterocycles. The Morgan fingerprint density at radius 2 is 1.83 bits per heavy atom. The van der Waals surface area contributed by atoms with Gasteiger partial charge in [-0.25, -0.2) is 0 Å². The van der Waals surface area contributed by atoms with Crippen molar-refractivity contribution < 1.29 is 19.4 Å². The first-order valence-corrected chi connectivity index (χ1v) is 9.90. The zero-order valence-electron chi connectivity index (χ0n) is 16.1. The Bertz CT molecular complexity index is 969. The molecule has 2 aromatic carbocycles. The van der Waals surface area contributed by atoms with Crippen LogP contribution in [0.25, 0.3) is 5.76 Å². The van der Waals surface area contributed by atoms with Crippen LogP contribution in [0.3, 0.4) is 0 Å². The Morgan fingerprint density at radius 3 is 2.45 bits per heavy atom. The second-order valence-electron chi connectivity index (χ2n) is 6.87. The van der Waals surface area contributed by atoms with Crippen LogP contribution in [0.5, 0.6) is 0 Å². The highest BCUT2D eigenvalue weighted by Crippen LogP contribution is 2.42. The van der Waals surface area contributed by atoms with Gasteiger partial charge in [0.2, 0.25) is 0 Å². The molecule has 7 heteroatoms. The topological polar surface area (TPSA) is 66.8 Å². The second kappa shape index (κ2) is 8.99. The summed E-state index contributed by atoms with van der Waals surface area (Å²) in [7, 11) is 1.57. The number of aryl methyl sites for hydroxylation is 1. The molecule has 152 valence electrons. The predicted octanol–water partition coefficient (Wildman–Crippen LogP) is 4.76. The molecule has 1 aliphatic heterocycles. The SMILES string of the molecule is COCCCN1C(=O)C(=O)/C(=C(/O)c2ccc(C)cc2)[C@H]1c1ccc(Cl)cc1Cl. The fourth-order valence-electron chi connectivity index (χ4n) is 3.40. The van der Waals surface area contributed by atoms with E-state index in [-0.39, 0.29) is 17.9 Å². The molecule has 1 aliphatic rings. The summed E-state index contributed by atoms with van der Waals surface area (Å²) < 4.78 is 5.07. The first kappa shape index (κ1) is 21.4. The average molecular weight is 434 g/mol. The summed E-state index contributed by atoms with van der Waals surface area (Å²) in [5.74, 6) is -1.64. The zero-order chi connectivity index (χ0) is 21.1. The molecule has 2 aromatic rings. The lowest BCUT2D eigenvalue weighted by Gasteiger charge is -2.26. The molecule has 0 saturated carbocycles. The molecule has 0 radical (unpaired) electrons. The minimum atomic E-state index is -0.807. The van der Waals surface area contributed by atoms with Gasteiger partial charge in [0.15, 0.2) is 0 Å². The largest absolute Gasteiger partial charge is 0.507 e. The Balaban J connectivity index is 2.15. The maximum absolute atomic E-state index is 12.9. The van der Waals surface area contributed by atoms with Crippen molar-refractivity contribution >= 4 is 40.7 Å². The highest BCUT2D eigenvalue weighted by atomic mass is 35.5. The number of aliphatic hydroxyl groups excluding tert-OH is 1. The van der Waals surface area contributed by atoms with Crippen LogP contribution < -0.4 is 0 Å². The number of carbonyl (C=O) groups excluding carboxylic acids is 2. The molecule has 1 atom stereocenters. The molecule has 1 N–H and O–H groups in total. The molecule has 0 bridgehead atoms. The van der Waals surface area contributed by atoms with Gasteiger partial charge in [0.1, 0.15) is 5.76 Å². The van der Waals surface area contributed by atoms with Gasteiger partial charge in [-0.05, 0) is 31.0 Å². The zero-order valence-corrected chi connectivity index (χ0v) is 17.6. The smallest absolute Gasteiger partial charge is 0.295 e. The molecule has 1 heterocycles. The molecule has 5 nitrogen and oxygen atoms in total. The van der Waals surface area contributed by atoms with Crippen molar-refractivity contribution in [3.63, 3.8) is 0 Å². The molecule has 29 heavy (non-hydrogen) atoms. The van der Waals surface area contributed by atoms with Gasteiger partial charge in [-0.1, -0.05) is 59.1 Å². The third kappa shape index (κ3) is 4.32. The standard InChI is InChI=1S/C22H21Cl2NO4/c1-13-4-6-14(7-5-13)20(26)18-19(16-9-8-15(23)12-17(16)24)25(10-3-11-29-2)22(28)21(18)27/h4-9,12,19,26H,3,10-11H2,1-2H3/b20-18+/t19-/m1/s1. The van der Waals surface area contributed by atoms with Gasteiger partial charge in [0.25, 0.3) is 11.7 Å². The van der Waals surface area contributed by atoms with Crippen LogP contribution in [0.4, 0.5) is 0 Å². The van der Waals surface area contributed by atoms with E-state index in [1.54, 1.807) is 37.4 Å². The van der Waals surface area contributed by atoms with Crippen molar-refractivity contribution in [2.45, 2.75) is 19.4 Å². The lowest BCUT2D eigenvalue weighted by Crippen LogP contribution is -2.31. The van der Waals surface area contributed by atoms with Crippen molar-refractivity contribution in [3.05, 3.63) is 74.8 Å². The monoisotopic (exact) mass is 433 g/mol. The van der Waals surface area contributed by atoms with Crippen LogP contribution in [-0.4, -0.2) is 42.0 Å². The molecule has 1 amide bonds. The number of hydrogen-bond acceptors (Lipinski definition) is 4. The first-order chi connectivity index (χ1) is 13.8. The number of aliphatic hydroxyl groups is 1. The Hall–Kier alpha value is -2.34. The summed E-state index contributed by atoms with van der Waals surface area (Å²) in [4.78, 5) is 27.1. The van der Waals surface area contributed by atoms with Gasteiger partial charge in [-0.3, -0.25) is 9.59 Å². The summed E-state index contributed by atoms with van der Waals surface area (Å²) in [5, 5.41) is 11.7. The molecule has 1 saturated heterocycles. The number of ether oxygens (including phenoxy) is 1. The Labute approximate surface area is 179 Å². The fraction of sp³-hybridized carbons (Fsp3) is 0.273. The predicted molar refractivity (Wildman–Crippen MR) is 113 cm³/mol. The third-order valence-electron chi connectivity index (χ3n) is 4.87. The fourth-order valence-corrected chi connectivity index (χ4v) is 3.92. The molecular weight excluding hydrogens is 413 g/mol. The first-order valence-electron chi connectivity index (χ1n) is 9.14.